The highest BCUT2D eigenvalue weighted by atomic mass is 79.9. The quantitative estimate of drug-likeness (QED) is 0.117. The molecule has 0 saturated heterocycles. The average molecular weight is 935 g/mol. The summed E-state index contributed by atoms with van der Waals surface area (Å²) in [6.07, 6.45) is 0. The predicted molar refractivity (Wildman–Crippen MR) is 239 cm³/mol. The summed E-state index contributed by atoms with van der Waals surface area (Å²) in [6.45, 7) is 18.2. The summed E-state index contributed by atoms with van der Waals surface area (Å²) in [4.78, 5) is 25.1. The van der Waals surface area contributed by atoms with Crippen molar-refractivity contribution in [1.29, 1.82) is 0 Å². The van der Waals surface area contributed by atoms with Gasteiger partial charge in [0.05, 0.1) is 15.9 Å². The third-order valence-electron chi connectivity index (χ3n) is 11.2. The van der Waals surface area contributed by atoms with Crippen molar-refractivity contribution in [3.63, 3.8) is 0 Å². The van der Waals surface area contributed by atoms with E-state index in [0.29, 0.717) is 36.7 Å². The molecule has 2 aliphatic heterocycles. The smallest absolute Gasteiger partial charge is 0.488 e. The maximum absolute atomic E-state index is 12.7. The third kappa shape index (κ3) is 9.60. The van der Waals surface area contributed by atoms with Crippen LogP contribution < -0.4 is 5.46 Å². The summed E-state index contributed by atoms with van der Waals surface area (Å²) in [5, 5.41) is 40.9. The van der Waals surface area contributed by atoms with Gasteiger partial charge in [0.25, 0.3) is 0 Å². The van der Waals surface area contributed by atoms with Crippen molar-refractivity contribution >= 4 is 98.0 Å². The summed E-state index contributed by atoms with van der Waals surface area (Å²) in [5.41, 5.74) is 2.09. The van der Waals surface area contributed by atoms with E-state index in [1.807, 2.05) is 77.9 Å². The molecule has 8 nitrogen and oxygen atoms in total. The summed E-state index contributed by atoms with van der Waals surface area (Å²) in [5.74, 6) is -1.12. The zero-order chi connectivity index (χ0) is 43.9. The molecule has 4 aromatic carbocycles. The Morgan fingerprint density at radius 3 is 1.33 bits per heavy atom. The van der Waals surface area contributed by atoms with E-state index in [1.165, 1.54) is 0 Å². The van der Waals surface area contributed by atoms with Crippen LogP contribution in [0.2, 0.25) is 20.1 Å². The molecule has 58 heavy (non-hydrogen) atoms. The van der Waals surface area contributed by atoms with E-state index < -0.39 is 41.1 Å². The molecule has 0 spiro atoms. The summed E-state index contributed by atoms with van der Waals surface area (Å²) < 4.78 is 12.0. The molecule has 0 atom stereocenters. The molecule has 2 heterocycles. The number of hydrogen-bond donors (Lipinski definition) is 4. The maximum atomic E-state index is 12.7. The van der Waals surface area contributed by atoms with Crippen molar-refractivity contribution in [1.82, 2.24) is 0 Å². The first-order valence-electron chi connectivity index (χ1n) is 18.1. The molecule has 0 aliphatic carbocycles. The first-order chi connectivity index (χ1) is 26.6. The largest absolute Gasteiger partial charge is 0.511 e. The molecule has 0 bridgehead atoms. The van der Waals surface area contributed by atoms with E-state index in [4.69, 9.17) is 65.9 Å². The van der Waals surface area contributed by atoms with Crippen LogP contribution in [0.4, 0.5) is 0 Å². The zero-order valence-corrected chi connectivity index (χ0v) is 38.4. The zero-order valence-electron chi connectivity index (χ0n) is 33.8. The van der Waals surface area contributed by atoms with Gasteiger partial charge in [0.2, 0.25) is 0 Å². The molecule has 308 valence electrons. The topological polar surface area (TPSA) is 134 Å². The Morgan fingerprint density at radius 1 is 0.569 bits per heavy atom. The SMILES string of the molecule is Cc1cc(-c2ccc(Cl)cc2)cc(Cl)c1C1=C(O)C(C)(C)C(C)(C)OC1=O.Cc1cc(Br)cc(Cl)c1C1=C(O)C(C)(C)C(C)(C)OC1=O.OB(O)c1ccc(Cl)cc1. The van der Waals surface area contributed by atoms with Crippen LogP contribution in [0.1, 0.15) is 77.6 Å². The van der Waals surface area contributed by atoms with Crippen LogP contribution in [0.3, 0.4) is 0 Å². The molecule has 2 aliphatic rings. The van der Waals surface area contributed by atoms with Crippen molar-refractivity contribution in [3.05, 3.63) is 131 Å². The maximum Gasteiger partial charge on any atom is 0.488 e. The van der Waals surface area contributed by atoms with Crippen molar-refractivity contribution in [3.8, 4) is 11.1 Å². The number of rotatable bonds is 4. The lowest BCUT2D eigenvalue weighted by Gasteiger charge is -2.44. The fourth-order valence-electron chi connectivity index (χ4n) is 6.17. The van der Waals surface area contributed by atoms with E-state index in [-0.39, 0.29) is 22.7 Å². The van der Waals surface area contributed by atoms with Gasteiger partial charge in [-0.3, -0.25) is 0 Å². The molecule has 14 heteroatoms. The van der Waals surface area contributed by atoms with Gasteiger partial charge >= 0.3 is 19.1 Å². The lowest BCUT2D eigenvalue weighted by atomic mass is 9.71. The number of carbonyl (C=O) groups is 2. The second-order valence-electron chi connectivity index (χ2n) is 16.2. The molecule has 0 unspecified atom stereocenters. The Morgan fingerprint density at radius 2 is 0.948 bits per heavy atom. The van der Waals surface area contributed by atoms with Crippen LogP contribution in [-0.4, -0.2) is 50.5 Å². The number of aliphatic hydroxyl groups is 2. The van der Waals surface area contributed by atoms with Gasteiger partial charge in [-0.2, -0.15) is 0 Å². The molecule has 0 aromatic heterocycles. The fourth-order valence-corrected chi connectivity index (χ4v) is 7.85. The Balaban J connectivity index is 0.000000212. The lowest BCUT2D eigenvalue weighted by Crippen LogP contribution is -2.48. The molecule has 0 fully saturated rings. The third-order valence-corrected chi connectivity index (χ3v) is 12.7. The molecule has 6 rings (SSSR count). The van der Waals surface area contributed by atoms with Crippen LogP contribution in [0.25, 0.3) is 22.3 Å². The summed E-state index contributed by atoms with van der Waals surface area (Å²) in [6, 6.07) is 21.0. The number of halogens is 5. The Hall–Kier alpha value is -3.48. The highest BCUT2D eigenvalue weighted by Gasteiger charge is 2.52. The first-order valence-corrected chi connectivity index (χ1v) is 20.4. The van der Waals surface area contributed by atoms with Crippen LogP contribution in [-0.2, 0) is 19.1 Å². The Labute approximate surface area is 368 Å². The van der Waals surface area contributed by atoms with Gasteiger partial charge in [0.15, 0.2) is 0 Å². The normalized spacial score (nSPS) is 17.6. The number of cyclic esters (lactones) is 2. The Kier molecular flexibility index (Phi) is 14.3. The molecule has 4 aromatic rings. The van der Waals surface area contributed by atoms with Crippen molar-refractivity contribution < 1.29 is 39.3 Å². The van der Waals surface area contributed by atoms with E-state index in [2.05, 4.69) is 15.9 Å². The van der Waals surface area contributed by atoms with Crippen molar-refractivity contribution in [2.75, 3.05) is 0 Å². The first kappa shape index (κ1) is 47.2. The van der Waals surface area contributed by atoms with Gasteiger partial charge in [-0.15, -0.1) is 0 Å². The van der Waals surface area contributed by atoms with Crippen LogP contribution in [0.5, 0.6) is 0 Å². The monoisotopic (exact) mass is 932 g/mol. The predicted octanol–water partition coefficient (Wildman–Crippen LogP) is 11.7. The van der Waals surface area contributed by atoms with Gasteiger partial charge < -0.3 is 29.7 Å². The molecular formula is C44H46BBrCl4O8. The van der Waals surface area contributed by atoms with Crippen molar-refractivity contribution in [2.45, 2.75) is 80.4 Å². The molecule has 4 N–H and O–H groups in total. The van der Waals surface area contributed by atoms with E-state index >= 15 is 0 Å². The highest BCUT2D eigenvalue weighted by Crippen LogP contribution is 2.50. The lowest BCUT2D eigenvalue weighted by molar-refractivity contribution is -0.165. The standard InChI is InChI=1S/C22H22Cl2O3.C16H18BrClO3.C6H6BClO2/c1-12-10-14(13-6-8-15(23)9-7-13)11-16(24)17(12)18-19(25)21(2,3)22(4,5)27-20(18)26;1-8-6-9(17)7-10(18)11(8)12-13(19)15(2,3)16(4,5)21-14(12)20;8-6-3-1-5(2-4-6)7(9)10/h6-11,25H,1-5H3;6-7,19H,1-5H3;1-4,9-10H. The number of benzene rings is 4. The van der Waals surface area contributed by atoms with E-state index in [1.54, 1.807) is 64.1 Å². The van der Waals surface area contributed by atoms with Gasteiger partial charge in [-0.25, -0.2) is 9.59 Å². The number of ether oxygens (including phenoxy) is 2. The van der Waals surface area contributed by atoms with Crippen LogP contribution in [0.15, 0.2) is 88.8 Å². The van der Waals surface area contributed by atoms with Gasteiger partial charge in [0, 0.05) is 30.7 Å². The summed E-state index contributed by atoms with van der Waals surface area (Å²) in [7, 11) is -1.41. The van der Waals surface area contributed by atoms with E-state index in [9.17, 15) is 19.8 Å². The molecule has 0 saturated carbocycles. The number of aryl methyl sites for hydroxylation is 2. The number of esters is 2. The van der Waals surface area contributed by atoms with Crippen molar-refractivity contribution in [2.24, 2.45) is 10.8 Å². The second kappa shape index (κ2) is 17.6. The van der Waals surface area contributed by atoms with E-state index in [0.717, 1.165) is 26.7 Å². The van der Waals surface area contributed by atoms with Gasteiger partial charge in [-0.05, 0) is 139 Å². The highest BCUT2D eigenvalue weighted by molar-refractivity contribution is 9.10. The minimum absolute atomic E-state index is 0.00649. The molecular weight excluding hydrogens is 889 g/mol. The fraction of sp³-hybridized carbons (Fsp3) is 0.318. The number of aliphatic hydroxyl groups excluding tert-OH is 2. The van der Waals surface area contributed by atoms with Crippen LogP contribution >= 0.6 is 62.3 Å². The summed E-state index contributed by atoms with van der Waals surface area (Å²) >= 11 is 27.7. The van der Waals surface area contributed by atoms with Crippen LogP contribution in [0, 0.1) is 24.7 Å². The van der Waals surface area contributed by atoms with Gasteiger partial charge in [-0.1, -0.05) is 92.7 Å². The minimum atomic E-state index is -1.41. The average Bonchev–Trinajstić information content (AvgIpc) is 3.10. The molecule has 0 amide bonds. The second-order valence-corrected chi connectivity index (χ2v) is 18.8. The number of hydrogen-bond acceptors (Lipinski definition) is 8. The minimum Gasteiger partial charge on any atom is -0.511 e. The Bertz CT molecular complexity index is 2250. The number of carbonyl (C=O) groups excluding carboxylic acids is 2. The van der Waals surface area contributed by atoms with Gasteiger partial charge in [0.1, 0.15) is 33.9 Å². The molecule has 0 radical (unpaired) electrons.